The van der Waals surface area contributed by atoms with Crippen LogP contribution in [-0.2, 0) is 10.0 Å². The largest absolute Gasteiger partial charge is 0.334 e. The molecule has 0 aromatic heterocycles. The summed E-state index contributed by atoms with van der Waals surface area (Å²) in [6.07, 6.45) is 3.91. The van der Waals surface area contributed by atoms with Gasteiger partial charge in [0.05, 0.1) is 6.26 Å². The summed E-state index contributed by atoms with van der Waals surface area (Å²) in [5, 5.41) is 0. The third-order valence-corrected chi connectivity index (χ3v) is 5.40. The molecule has 1 atom stereocenters. The van der Waals surface area contributed by atoms with Crippen LogP contribution in [0.15, 0.2) is 54.6 Å². The summed E-state index contributed by atoms with van der Waals surface area (Å²) in [7, 11) is -3.26. The van der Waals surface area contributed by atoms with Crippen LogP contribution in [0.4, 0.5) is 0 Å². The van der Waals surface area contributed by atoms with E-state index in [-0.39, 0.29) is 18.5 Å². The average molecular weight is 372 g/mol. The maximum Gasteiger partial charge on any atom is 0.254 e. The molecule has 0 radical (unpaired) electrons. The fraction of sp³-hybridized carbons (Fsp3) is 0.350. The van der Waals surface area contributed by atoms with Crippen LogP contribution in [0.5, 0.6) is 0 Å². The molecular weight excluding hydrogens is 348 g/mol. The molecule has 6 heteroatoms. The molecule has 1 aliphatic rings. The SMILES string of the molecule is CS(=O)(=O)NCC1CCCCN1C(=O)c1ccc(-c2ccccc2)cc1. The Morgan fingerprint density at radius 3 is 2.35 bits per heavy atom. The van der Waals surface area contributed by atoms with Gasteiger partial charge in [0, 0.05) is 24.7 Å². The van der Waals surface area contributed by atoms with Crippen molar-refractivity contribution in [2.45, 2.75) is 25.3 Å². The highest BCUT2D eigenvalue weighted by atomic mass is 32.2. The zero-order valence-corrected chi connectivity index (χ0v) is 15.7. The highest BCUT2D eigenvalue weighted by Crippen LogP contribution is 2.22. The van der Waals surface area contributed by atoms with Gasteiger partial charge in [-0.25, -0.2) is 13.1 Å². The molecule has 2 aromatic carbocycles. The van der Waals surface area contributed by atoms with Gasteiger partial charge in [0.2, 0.25) is 10.0 Å². The van der Waals surface area contributed by atoms with Crippen molar-refractivity contribution in [3.63, 3.8) is 0 Å². The number of hydrogen-bond acceptors (Lipinski definition) is 3. The lowest BCUT2D eigenvalue weighted by atomic mass is 9.99. The fourth-order valence-electron chi connectivity index (χ4n) is 3.33. The second kappa shape index (κ2) is 8.01. The summed E-state index contributed by atoms with van der Waals surface area (Å²) in [5.41, 5.74) is 2.81. The zero-order valence-electron chi connectivity index (χ0n) is 14.9. The van der Waals surface area contributed by atoms with Crippen molar-refractivity contribution in [1.82, 2.24) is 9.62 Å². The Morgan fingerprint density at radius 2 is 1.69 bits per heavy atom. The monoisotopic (exact) mass is 372 g/mol. The fourth-order valence-corrected chi connectivity index (χ4v) is 3.82. The quantitative estimate of drug-likeness (QED) is 0.878. The number of likely N-dealkylation sites (tertiary alicyclic amines) is 1. The molecule has 1 aliphatic heterocycles. The molecule has 1 N–H and O–H groups in total. The standard InChI is InChI=1S/C20H24N2O3S/c1-26(24,25)21-15-19-9-5-6-14-22(19)20(23)18-12-10-17(11-13-18)16-7-3-2-4-8-16/h2-4,7-8,10-13,19,21H,5-6,9,14-15H2,1H3. The summed E-state index contributed by atoms with van der Waals surface area (Å²) < 4.78 is 25.3. The van der Waals surface area contributed by atoms with E-state index in [1.54, 1.807) is 4.90 Å². The van der Waals surface area contributed by atoms with E-state index in [1.807, 2.05) is 54.6 Å². The first kappa shape index (κ1) is 18.6. The smallest absolute Gasteiger partial charge is 0.254 e. The van der Waals surface area contributed by atoms with Gasteiger partial charge in [0.1, 0.15) is 0 Å². The molecular formula is C20H24N2O3S. The molecule has 1 unspecified atom stereocenters. The van der Waals surface area contributed by atoms with E-state index in [2.05, 4.69) is 4.72 Å². The molecule has 26 heavy (non-hydrogen) atoms. The Bertz CT molecular complexity index is 848. The average Bonchev–Trinajstić information content (AvgIpc) is 2.66. The van der Waals surface area contributed by atoms with E-state index in [0.717, 1.165) is 36.6 Å². The Balaban J connectivity index is 1.74. The first-order chi connectivity index (χ1) is 12.4. The molecule has 0 spiro atoms. The molecule has 138 valence electrons. The van der Waals surface area contributed by atoms with E-state index in [9.17, 15) is 13.2 Å². The van der Waals surface area contributed by atoms with Gasteiger partial charge < -0.3 is 4.90 Å². The van der Waals surface area contributed by atoms with Crippen LogP contribution in [0, 0.1) is 0 Å². The van der Waals surface area contributed by atoms with Crippen LogP contribution in [0.1, 0.15) is 29.6 Å². The number of nitrogens with zero attached hydrogens (tertiary/aromatic N) is 1. The third-order valence-electron chi connectivity index (χ3n) is 4.71. The summed E-state index contributed by atoms with van der Waals surface area (Å²) in [6, 6.07) is 17.5. The second-order valence-electron chi connectivity index (χ2n) is 6.71. The van der Waals surface area contributed by atoms with Crippen LogP contribution >= 0.6 is 0 Å². The molecule has 1 heterocycles. The summed E-state index contributed by atoms with van der Waals surface area (Å²) in [4.78, 5) is 14.7. The van der Waals surface area contributed by atoms with Crippen LogP contribution in [0.25, 0.3) is 11.1 Å². The van der Waals surface area contributed by atoms with Crippen LogP contribution in [0.2, 0.25) is 0 Å². The molecule has 3 rings (SSSR count). The van der Waals surface area contributed by atoms with Gasteiger partial charge in [-0.15, -0.1) is 0 Å². The Labute approximate surface area is 155 Å². The zero-order chi connectivity index (χ0) is 18.6. The molecule has 1 amide bonds. The normalized spacial score (nSPS) is 17.9. The topological polar surface area (TPSA) is 66.5 Å². The van der Waals surface area contributed by atoms with Crippen LogP contribution < -0.4 is 4.72 Å². The predicted octanol–water partition coefficient (Wildman–Crippen LogP) is 2.90. The van der Waals surface area contributed by atoms with E-state index in [1.165, 1.54) is 0 Å². The van der Waals surface area contributed by atoms with E-state index in [4.69, 9.17) is 0 Å². The van der Waals surface area contributed by atoms with Gasteiger partial charge >= 0.3 is 0 Å². The Hall–Kier alpha value is -2.18. The molecule has 1 saturated heterocycles. The number of carbonyl (C=O) groups excluding carboxylic acids is 1. The Kier molecular flexibility index (Phi) is 5.74. The lowest BCUT2D eigenvalue weighted by Gasteiger charge is -2.35. The van der Waals surface area contributed by atoms with Gasteiger partial charge in [-0.2, -0.15) is 0 Å². The minimum Gasteiger partial charge on any atom is -0.334 e. The van der Waals surface area contributed by atoms with Crippen molar-refractivity contribution in [3.8, 4) is 11.1 Å². The first-order valence-corrected chi connectivity index (χ1v) is 10.7. The third kappa shape index (κ3) is 4.71. The van der Waals surface area contributed by atoms with Gasteiger partial charge in [-0.05, 0) is 42.5 Å². The molecule has 0 saturated carbocycles. The number of rotatable bonds is 5. The highest BCUT2D eigenvalue weighted by molar-refractivity contribution is 7.88. The van der Waals surface area contributed by atoms with Gasteiger partial charge in [-0.1, -0.05) is 42.5 Å². The van der Waals surface area contributed by atoms with Crippen molar-refractivity contribution in [2.75, 3.05) is 19.3 Å². The lowest BCUT2D eigenvalue weighted by Crippen LogP contribution is -2.49. The minimum absolute atomic E-state index is 0.0374. The number of carbonyl (C=O) groups is 1. The van der Waals surface area contributed by atoms with Crippen molar-refractivity contribution in [2.24, 2.45) is 0 Å². The number of sulfonamides is 1. The number of nitrogens with one attached hydrogen (secondary N) is 1. The number of amides is 1. The number of piperidine rings is 1. The maximum absolute atomic E-state index is 12.9. The number of hydrogen-bond donors (Lipinski definition) is 1. The predicted molar refractivity (Wildman–Crippen MR) is 103 cm³/mol. The molecule has 0 aliphatic carbocycles. The summed E-state index contributed by atoms with van der Waals surface area (Å²) in [6.45, 7) is 0.933. The van der Waals surface area contributed by atoms with Gasteiger partial charge in [0.25, 0.3) is 5.91 Å². The van der Waals surface area contributed by atoms with Crippen molar-refractivity contribution in [3.05, 3.63) is 60.2 Å². The van der Waals surface area contributed by atoms with Crippen LogP contribution in [0.3, 0.4) is 0 Å². The molecule has 1 fully saturated rings. The molecule has 2 aromatic rings. The van der Waals surface area contributed by atoms with E-state index in [0.29, 0.717) is 12.1 Å². The Morgan fingerprint density at radius 1 is 1.04 bits per heavy atom. The lowest BCUT2D eigenvalue weighted by molar-refractivity contribution is 0.0619. The van der Waals surface area contributed by atoms with Gasteiger partial charge in [0.15, 0.2) is 0 Å². The van der Waals surface area contributed by atoms with Crippen molar-refractivity contribution in [1.29, 1.82) is 0 Å². The second-order valence-corrected chi connectivity index (χ2v) is 8.55. The number of benzene rings is 2. The van der Waals surface area contributed by atoms with Crippen molar-refractivity contribution < 1.29 is 13.2 Å². The highest BCUT2D eigenvalue weighted by Gasteiger charge is 2.28. The van der Waals surface area contributed by atoms with E-state index >= 15 is 0 Å². The first-order valence-electron chi connectivity index (χ1n) is 8.85. The maximum atomic E-state index is 12.9. The van der Waals surface area contributed by atoms with Crippen LogP contribution in [-0.4, -0.2) is 44.6 Å². The minimum atomic E-state index is -3.26. The van der Waals surface area contributed by atoms with E-state index < -0.39 is 10.0 Å². The molecule has 0 bridgehead atoms. The van der Waals surface area contributed by atoms with Gasteiger partial charge in [-0.3, -0.25) is 4.79 Å². The summed E-state index contributed by atoms with van der Waals surface area (Å²) >= 11 is 0. The molecule has 5 nitrogen and oxygen atoms in total. The van der Waals surface area contributed by atoms with Crippen molar-refractivity contribution >= 4 is 15.9 Å². The summed E-state index contributed by atoms with van der Waals surface area (Å²) in [5.74, 6) is -0.0374.